The van der Waals surface area contributed by atoms with Gasteiger partial charge in [-0.2, -0.15) is 0 Å². The Hall–Kier alpha value is -1.02. The summed E-state index contributed by atoms with van der Waals surface area (Å²) < 4.78 is 27.0. The number of likely N-dealkylation sites (tertiary alicyclic amines) is 1. The van der Waals surface area contributed by atoms with Gasteiger partial charge in [0.15, 0.2) is 0 Å². The first kappa shape index (κ1) is 16.4. The lowest BCUT2D eigenvalue weighted by atomic mass is 10.1. The molecule has 1 heterocycles. The first-order valence-corrected chi connectivity index (χ1v) is 8.96. The van der Waals surface area contributed by atoms with Crippen LogP contribution < -0.4 is 10.5 Å². The average molecular weight is 327 g/mol. The molecule has 0 radical (unpaired) electrons. The van der Waals surface area contributed by atoms with E-state index in [-0.39, 0.29) is 10.7 Å². The Balaban J connectivity index is 1.94. The molecule has 0 bridgehead atoms. The fourth-order valence-electron chi connectivity index (χ4n) is 2.52. The molecule has 1 saturated heterocycles. The molecule has 1 aliphatic rings. The third-order valence-corrected chi connectivity index (χ3v) is 5.20. The van der Waals surface area contributed by atoms with Crippen LogP contribution in [0.15, 0.2) is 24.3 Å². The predicted molar refractivity (Wildman–Crippen MR) is 88.6 cm³/mol. The van der Waals surface area contributed by atoms with Gasteiger partial charge in [-0.15, -0.1) is 0 Å². The summed E-state index contributed by atoms with van der Waals surface area (Å²) in [5, 5.41) is 0. The summed E-state index contributed by atoms with van der Waals surface area (Å²) in [6, 6.07) is 7.04. The number of nitrogens with one attached hydrogen (secondary N) is 1. The maximum absolute atomic E-state index is 12.1. The van der Waals surface area contributed by atoms with Gasteiger partial charge in [0.2, 0.25) is 10.0 Å². The Morgan fingerprint density at radius 2 is 2.29 bits per heavy atom. The number of nitrogens with zero attached hydrogens (tertiary/aromatic N) is 1. The fourth-order valence-corrected chi connectivity index (χ4v) is 3.86. The van der Waals surface area contributed by atoms with Crippen LogP contribution in [0, 0.1) is 5.92 Å². The summed E-state index contributed by atoms with van der Waals surface area (Å²) in [6.45, 7) is 2.48. The molecule has 3 N–H and O–H groups in total. The van der Waals surface area contributed by atoms with Crippen LogP contribution in [0.5, 0.6) is 0 Å². The average Bonchev–Trinajstić information content (AvgIpc) is 2.82. The lowest BCUT2D eigenvalue weighted by molar-refractivity contribution is 0.394. The van der Waals surface area contributed by atoms with Gasteiger partial charge in [-0.1, -0.05) is 30.4 Å². The molecule has 1 fully saturated rings. The number of thiocarbonyl (C=S) groups is 1. The van der Waals surface area contributed by atoms with E-state index in [1.54, 1.807) is 24.3 Å². The largest absolute Gasteiger partial charge is 0.389 e. The summed E-state index contributed by atoms with van der Waals surface area (Å²) in [6.07, 6.45) is 1.04. The van der Waals surface area contributed by atoms with E-state index in [1.807, 2.05) is 0 Å². The van der Waals surface area contributed by atoms with Gasteiger partial charge in [-0.3, -0.25) is 0 Å². The molecule has 21 heavy (non-hydrogen) atoms. The van der Waals surface area contributed by atoms with Crippen molar-refractivity contribution in [3.8, 4) is 0 Å². The Morgan fingerprint density at radius 3 is 2.90 bits per heavy atom. The lowest BCUT2D eigenvalue weighted by Crippen LogP contribution is -2.31. The quantitative estimate of drug-likeness (QED) is 0.752. The molecule has 7 heteroatoms. The third-order valence-electron chi connectivity index (χ3n) is 3.65. The van der Waals surface area contributed by atoms with Crippen LogP contribution in [0.4, 0.5) is 0 Å². The van der Waals surface area contributed by atoms with Gasteiger partial charge in [0.25, 0.3) is 0 Å². The molecule has 116 valence electrons. The van der Waals surface area contributed by atoms with E-state index in [9.17, 15) is 8.42 Å². The maximum atomic E-state index is 12.1. The molecule has 0 aliphatic carbocycles. The zero-order valence-electron chi connectivity index (χ0n) is 12.1. The first-order chi connectivity index (χ1) is 9.85. The number of benzene rings is 1. The van der Waals surface area contributed by atoms with Gasteiger partial charge < -0.3 is 10.6 Å². The van der Waals surface area contributed by atoms with E-state index < -0.39 is 10.0 Å². The van der Waals surface area contributed by atoms with Crippen molar-refractivity contribution in [3.05, 3.63) is 35.4 Å². The van der Waals surface area contributed by atoms with E-state index in [2.05, 4.69) is 16.7 Å². The van der Waals surface area contributed by atoms with Crippen LogP contribution in [0.25, 0.3) is 0 Å². The molecule has 0 saturated carbocycles. The maximum Gasteiger partial charge on any atom is 0.215 e. The second-order valence-electron chi connectivity index (χ2n) is 5.59. The van der Waals surface area contributed by atoms with Crippen molar-refractivity contribution in [2.24, 2.45) is 11.7 Å². The number of sulfonamides is 1. The summed E-state index contributed by atoms with van der Waals surface area (Å²) in [5.41, 5.74) is 6.94. The standard InChI is InChI=1S/C14H21N3O2S2/c1-17-6-5-12(9-17)8-16-21(18,19)10-11-3-2-4-13(7-11)14(15)20/h2-4,7,12,16H,5-6,8-10H2,1H3,(H2,15,20). The third kappa shape index (κ3) is 5.03. The van der Waals surface area contributed by atoms with Crippen LogP contribution in [-0.4, -0.2) is 45.0 Å². The second-order valence-corrected chi connectivity index (χ2v) is 7.84. The van der Waals surface area contributed by atoms with Crippen molar-refractivity contribution in [2.75, 3.05) is 26.7 Å². The van der Waals surface area contributed by atoms with Gasteiger partial charge >= 0.3 is 0 Å². The van der Waals surface area contributed by atoms with Crippen LogP contribution in [-0.2, 0) is 15.8 Å². The Kier molecular flexibility index (Phi) is 5.32. The molecule has 1 aliphatic heterocycles. The van der Waals surface area contributed by atoms with Gasteiger partial charge in [-0.05, 0) is 37.6 Å². The Morgan fingerprint density at radius 1 is 1.52 bits per heavy atom. The van der Waals surface area contributed by atoms with Crippen molar-refractivity contribution >= 4 is 27.2 Å². The van der Waals surface area contributed by atoms with Gasteiger partial charge in [0.05, 0.1) is 5.75 Å². The van der Waals surface area contributed by atoms with Crippen LogP contribution >= 0.6 is 12.2 Å². The first-order valence-electron chi connectivity index (χ1n) is 6.90. The number of hydrogen-bond acceptors (Lipinski definition) is 4. The van der Waals surface area contributed by atoms with Crippen LogP contribution in [0.1, 0.15) is 17.5 Å². The van der Waals surface area contributed by atoms with Crippen molar-refractivity contribution in [1.82, 2.24) is 9.62 Å². The highest BCUT2D eigenvalue weighted by atomic mass is 32.2. The van der Waals surface area contributed by atoms with E-state index in [4.69, 9.17) is 18.0 Å². The van der Waals surface area contributed by atoms with E-state index in [1.165, 1.54) is 0 Å². The zero-order valence-corrected chi connectivity index (χ0v) is 13.7. The molecular weight excluding hydrogens is 306 g/mol. The molecule has 1 aromatic rings. The van der Waals surface area contributed by atoms with Crippen LogP contribution in [0.2, 0.25) is 0 Å². The fraction of sp³-hybridized carbons (Fsp3) is 0.500. The minimum absolute atomic E-state index is 0.0496. The highest BCUT2D eigenvalue weighted by Gasteiger charge is 2.21. The second kappa shape index (κ2) is 6.83. The van der Waals surface area contributed by atoms with Crippen LogP contribution in [0.3, 0.4) is 0 Å². The molecule has 0 spiro atoms. The summed E-state index contributed by atoms with van der Waals surface area (Å²) in [7, 11) is -1.28. The number of rotatable bonds is 6. The molecule has 2 rings (SSSR count). The van der Waals surface area contributed by atoms with E-state index in [0.29, 0.717) is 23.6 Å². The van der Waals surface area contributed by atoms with Crippen molar-refractivity contribution in [1.29, 1.82) is 0 Å². The summed E-state index contributed by atoms with van der Waals surface area (Å²) in [5.74, 6) is 0.346. The Bertz CT molecular complexity index is 616. The monoisotopic (exact) mass is 327 g/mol. The normalized spacial score (nSPS) is 19.8. The molecule has 5 nitrogen and oxygen atoms in total. The van der Waals surface area contributed by atoms with Gasteiger partial charge in [0, 0.05) is 18.7 Å². The van der Waals surface area contributed by atoms with Gasteiger partial charge in [-0.25, -0.2) is 13.1 Å². The SMILES string of the molecule is CN1CCC(CNS(=O)(=O)Cc2cccc(C(N)=S)c2)C1. The lowest BCUT2D eigenvalue weighted by Gasteiger charge is -2.12. The Labute approximate surface area is 131 Å². The molecule has 1 atom stereocenters. The summed E-state index contributed by atoms with van der Waals surface area (Å²) in [4.78, 5) is 2.49. The molecule has 1 aromatic carbocycles. The minimum Gasteiger partial charge on any atom is -0.389 e. The molecule has 1 unspecified atom stereocenters. The number of hydrogen-bond donors (Lipinski definition) is 2. The molecule has 0 amide bonds. The molecular formula is C14H21N3O2S2. The molecule has 0 aromatic heterocycles. The highest BCUT2D eigenvalue weighted by molar-refractivity contribution is 7.88. The summed E-state index contributed by atoms with van der Waals surface area (Å²) >= 11 is 4.91. The highest BCUT2D eigenvalue weighted by Crippen LogP contribution is 2.14. The van der Waals surface area contributed by atoms with Crippen molar-refractivity contribution in [2.45, 2.75) is 12.2 Å². The smallest absolute Gasteiger partial charge is 0.215 e. The number of nitrogens with two attached hydrogens (primary N) is 1. The minimum atomic E-state index is -3.33. The van der Waals surface area contributed by atoms with Gasteiger partial charge in [0.1, 0.15) is 4.99 Å². The van der Waals surface area contributed by atoms with Crippen molar-refractivity contribution < 1.29 is 8.42 Å². The zero-order chi connectivity index (χ0) is 15.5. The predicted octanol–water partition coefficient (Wildman–Crippen LogP) is 0.692. The van der Waals surface area contributed by atoms with E-state index >= 15 is 0 Å². The van der Waals surface area contributed by atoms with E-state index in [0.717, 1.165) is 19.5 Å². The van der Waals surface area contributed by atoms with Crippen molar-refractivity contribution in [3.63, 3.8) is 0 Å². The topological polar surface area (TPSA) is 75.4 Å².